The summed E-state index contributed by atoms with van der Waals surface area (Å²) in [6, 6.07) is 8.22. The van der Waals surface area contributed by atoms with E-state index in [0.717, 1.165) is 22.6 Å². The van der Waals surface area contributed by atoms with Crippen molar-refractivity contribution in [3.63, 3.8) is 0 Å². The lowest BCUT2D eigenvalue weighted by molar-refractivity contribution is 0.0301. The molecule has 2 aromatic rings. The highest BCUT2D eigenvalue weighted by molar-refractivity contribution is 5.97. The Hall–Kier alpha value is -2.14. The highest BCUT2D eigenvalue weighted by Crippen LogP contribution is 2.27. The van der Waals surface area contributed by atoms with Gasteiger partial charge in [0.1, 0.15) is 0 Å². The molecule has 5 nitrogen and oxygen atoms in total. The van der Waals surface area contributed by atoms with Gasteiger partial charge in [-0.2, -0.15) is 5.10 Å². The Morgan fingerprint density at radius 2 is 1.92 bits per heavy atom. The van der Waals surface area contributed by atoms with Gasteiger partial charge in [0.2, 0.25) is 0 Å². The lowest BCUT2D eigenvalue weighted by atomic mass is 10.0. The molecule has 1 aliphatic rings. The lowest BCUT2D eigenvalue weighted by Gasteiger charge is -2.27. The van der Waals surface area contributed by atoms with Gasteiger partial charge in [-0.3, -0.25) is 4.79 Å². The van der Waals surface area contributed by atoms with Crippen LogP contribution in [0.1, 0.15) is 47.1 Å². The van der Waals surface area contributed by atoms with Crippen molar-refractivity contribution in [1.29, 1.82) is 0 Å². The molecular formula is C19H25N3O2. The normalized spacial score (nSPS) is 15.1. The Bertz CT molecular complexity index is 743. The zero-order chi connectivity index (χ0) is 17.3. The minimum atomic E-state index is 0.0680. The molecule has 5 heteroatoms. The molecule has 1 fully saturated rings. The molecule has 1 saturated heterocycles. The number of nitrogens with zero attached hydrogens (tertiary/aromatic N) is 3. The second-order valence-electron chi connectivity index (χ2n) is 6.66. The molecule has 24 heavy (non-hydrogen) atoms. The van der Waals surface area contributed by atoms with Crippen molar-refractivity contribution >= 4 is 5.91 Å². The summed E-state index contributed by atoms with van der Waals surface area (Å²) in [5.41, 5.74) is 4.69. The SMILES string of the molecule is Cc1cccc(-n2nc(C)c(C(=O)N3CCOCC3)c2C(C)C)c1. The third kappa shape index (κ3) is 3.08. The lowest BCUT2D eigenvalue weighted by Crippen LogP contribution is -2.41. The van der Waals surface area contributed by atoms with Crippen LogP contribution in [0.5, 0.6) is 0 Å². The van der Waals surface area contributed by atoms with Crippen molar-refractivity contribution in [2.24, 2.45) is 0 Å². The predicted molar refractivity (Wildman–Crippen MR) is 93.8 cm³/mol. The monoisotopic (exact) mass is 327 g/mol. The van der Waals surface area contributed by atoms with Crippen LogP contribution in [0.15, 0.2) is 24.3 Å². The Morgan fingerprint density at radius 1 is 1.21 bits per heavy atom. The van der Waals surface area contributed by atoms with Crippen LogP contribution in [-0.4, -0.2) is 46.9 Å². The first kappa shape index (κ1) is 16.7. The fourth-order valence-electron chi connectivity index (χ4n) is 3.22. The van der Waals surface area contributed by atoms with Gasteiger partial charge in [0.05, 0.1) is 35.9 Å². The smallest absolute Gasteiger partial charge is 0.257 e. The molecule has 0 N–H and O–H groups in total. The molecule has 1 aliphatic heterocycles. The third-order valence-corrected chi connectivity index (χ3v) is 4.40. The van der Waals surface area contributed by atoms with Crippen molar-refractivity contribution in [2.75, 3.05) is 26.3 Å². The molecule has 0 saturated carbocycles. The number of benzene rings is 1. The number of amides is 1. The minimum Gasteiger partial charge on any atom is -0.378 e. The number of carbonyl (C=O) groups is 1. The molecule has 128 valence electrons. The summed E-state index contributed by atoms with van der Waals surface area (Å²) < 4.78 is 7.30. The van der Waals surface area contributed by atoms with Crippen LogP contribution in [0, 0.1) is 13.8 Å². The summed E-state index contributed by atoms with van der Waals surface area (Å²) >= 11 is 0. The van der Waals surface area contributed by atoms with Gasteiger partial charge in [0.15, 0.2) is 0 Å². The second-order valence-corrected chi connectivity index (χ2v) is 6.66. The highest BCUT2D eigenvalue weighted by Gasteiger charge is 2.28. The van der Waals surface area contributed by atoms with Crippen LogP contribution in [0.25, 0.3) is 5.69 Å². The molecule has 0 radical (unpaired) electrons. The van der Waals surface area contributed by atoms with Gasteiger partial charge in [-0.1, -0.05) is 26.0 Å². The third-order valence-electron chi connectivity index (χ3n) is 4.40. The first-order valence-electron chi connectivity index (χ1n) is 8.52. The Balaban J connectivity index is 2.08. The summed E-state index contributed by atoms with van der Waals surface area (Å²) in [5.74, 6) is 0.269. The van der Waals surface area contributed by atoms with E-state index in [1.807, 2.05) is 28.6 Å². The maximum Gasteiger partial charge on any atom is 0.257 e. The number of carbonyl (C=O) groups excluding carboxylic acids is 1. The van der Waals surface area contributed by atoms with Gasteiger partial charge in [0.25, 0.3) is 5.91 Å². The molecule has 1 amide bonds. The Kier molecular flexibility index (Phi) is 4.71. The fourth-order valence-corrected chi connectivity index (χ4v) is 3.22. The van der Waals surface area contributed by atoms with Crippen molar-refractivity contribution in [3.05, 3.63) is 46.8 Å². The molecule has 0 atom stereocenters. The van der Waals surface area contributed by atoms with Crippen molar-refractivity contribution in [3.8, 4) is 5.69 Å². The molecule has 0 bridgehead atoms. The van der Waals surface area contributed by atoms with Crippen molar-refractivity contribution in [2.45, 2.75) is 33.6 Å². The van der Waals surface area contributed by atoms with E-state index >= 15 is 0 Å². The molecule has 1 aromatic heterocycles. The van der Waals surface area contributed by atoms with Gasteiger partial charge < -0.3 is 9.64 Å². The van der Waals surface area contributed by atoms with E-state index in [1.165, 1.54) is 5.56 Å². The molecule has 0 unspecified atom stereocenters. The van der Waals surface area contributed by atoms with Gasteiger partial charge in [-0.25, -0.2) is 4.68 Å². The molecular weight excluding hydrogens is 302 g/mol. The first-order valence-corrected chi connectivity index (χ1v) is 8.52. The fraction of sp³-hybridized carbons (Fsp3) is 0.474. The van der Waals surface area contributed by atoms with E-state index in [1.54, 1.807) is 0 Å². The van der Waals surface area contributed by atoms with E-state index in [9.17, 15) is 4.79 Å². The van der Waals surface area contributed by atoms with E-state index in [4.69, 9.17) is 9.84 Å². The van der Waals surface area contributed by atoms with Crippen LogP contribution in [0.2, 0.25) is 0 Å². The van der Waals surface area contributed by atoms with E-state index in [-0.39, 0.29) is 11.8 Å². The molecule has 2 heterocycles. The molecule has 0 aliphatic carbocycles. The standard InChI is InChI=1S/C19H25N3O2/c1-13(2)18-17(19(23)21-8-10-24-11-9-21)15(4)20-22(18)16-7-5-6-14(3)12-16/h5-7,12-13H,8-11H2,1-4H3. The predicted octanol–water partition coefficient (Wildman–Crippen LogP) is 3.08. The Morgan fingerprint density at radius 3 is 2.54 bits per heavy atom. The average molecular weight is 327 g/mol. The second kappa shape index (κ2) is 6.77. The van der Waals surface area contributed by atoms with Gasteiger partial charge in [-0.05, 0) is 37.5 Å². The zero-order valence-corrected chi connectivity index (χ0v) is 14.9. The summed E-state index contributed by atoms with van der Waals surface area (Å²) in [6.07, 6.45) is 0. The largest absolute Gasteiger partial charge is 0.378 e. The number of aromatic nitrogens is 2. The maximum absolute atomic E-state index is 13.1. The number of rotatable bonds is 3. The number of ether oxygens (including phenoxy) is 1. The van der Waals surface area contributed by atoms with E-state index < -0.39 is 0 Å². The number of hydrogen-bond acceptors (Lipinski definition) is 3. The van der Waals surface area contributed by atoms with E-state index in [0.29, 0.717) is 26.3 Å². The molecule has 3 rings (SSSR count). The topological polar surface area (TPSA) is 47.4 Å². The maximum atomic E-state index is 13.1. The van der Waals surface area contributed by atoms with Crippen molar-refractivity contribution in [1.82, 2.24) is 14.7 Å². The summed E-state index contributed by atoms with van der Waals surface area (Å²) in [7, 11) is 0. The van der Waals surface area contributed by atoms with Crippen LogP contribution in [0.3, 0.4) is 0 Å². The van der Waals surface area contributed by atoms with Crippen LogP contribution < -0.4 is 0 Å². The first-order chi connectivity index (χ1) is 11.5. The molecule has 0 spiro atoms. The number of morpholine rings is 1. The van der Waals surface area contributed by atoms with Gasteiger partial charge >= 0.3 is 0 Å². The summed E-state index contributed by atoms with van der Waals surface area (Å²) in [6.45, 7) is 10.7. The van der Waals surface area contributed by atoms with Crippen LogP contribution >= 0.6 is 0 Å². The minimum absolute atomic E-state index is 0.0680. The van der Waals surface area contributed by atoms with Crippen LogP contribution in [0.4, 0.5) is 0 Å². The average Bonchev–Trinajstić information content (AvgIpc) is 2.92. The van der Waals surface area contributed by atoms with Gasteiger partial charge in [-0.15, -0.1) is 0 Å². The van der Waals surface area contributed by atoms with Gasteiger partial charge in [0, 0.05) is 13.1 Å². The van der Waals surface area contributed by atoms with Crippen LogP contribution in [-0.2, 0) is 4.74 Å². The number of aryl methyl sites for hydroxylation is 2. The highest BCUT2D eigenvalue weighted by atomic mass is 16.5. The van der Waals surface area contributed by atoms with E-state index in [2.05, 4.69) is 32.9 Å². The zero-order valence-electron chi connectivity index (χ0n) is 14.9. The Labute approximate surface area is 143 Å². The number of hydrogen-bond donors (Lipinski definition) is 0. The quantitative estimate of drug-likeness (QED) is 0.870. The summed E-state index contributed by atoms with van der Waals surface area (Å²) in [5, 5.41) is 4.70. The van der Waals surface area contributed by atoms with Crippen molar-refractivity contribution < 1.29 is 9.53 Å². The summed E-state index contributed by atoms with van der Waals surface area (Å²) in [4.78, 5) is 14.9. The molecule has 1 aromatic carbocycles.